The molecule has 1 fully saturated rings. The summed E-state index contributed by atoms with van der Waals surface area (Å²) >= 11 is 0. The van der Waals surface area contributed by atoms with E-state index in [0.717, 1.165) is 24.8 Å². The first-order valence-corrected chi connectivity index (χ1v) is 15.4. The van der Waals surface area contributed by atoms with Crippen LogP contribution in [0.15, 0.2) is 89.7 Å². The Hall–Kier alpha value is -4.43. The van der Waals surface area contributed by atoms with E-state index in [1.54, 1.807) is 10.6 Å². The van der Waals surface area contributed by atoms with Gasteiger partial charge in [0.25, 0.3) is 11.5 Å². The van der Waals surface area contributed by atoms with E-state index in [2.05, 4.69) is 22.5 Å². The zero-order valence-corrected chi connectivity index (χ0v) is 26.0. The molecule has 2 N–H and O–H groups in total. The van der Waals surface area contributed by atoms with Gasteiger partial charge in [-0.25, -0.2) is 4.79 Å². The molecule has 0 aliphatic carbocycles. The van der Waals surface area contributed by atoms with E-state index < -0.39 is 11.7 Å². The Morgan fingerprint density at radius 3 is 2.09 bits per heavy atom. The predicted molar refractivity (Wildman–Crippen MR) is 174 cm³/mol. The molecule has 230 valence electrons. The lowest BCUT2D eigenvalue weighted by atomic mass is 9.98. The van der Waals surface area contributed by atoms with E-state index in [9.17, 15) is 14.4 Å². The number of amides is 2. The number of benzene rings is 3. The molecule has 0 spiro atoms. The third kappa shape index (κ3) is 7.19. The highest BCUT2D eigenvalue weighted by molar-refractivity contribution is 6.08. The van der Waals surface area contributed by atoms with Gasteiger partial charge >= 0.3 is 6.09 Å². The van der Waals surface area contributed by atoms with E-state index in [4.69, 9.17) is 4.74 Å². The van der Waals surface area contributed by atoms with Gasteiger partial charge in [0.15, 0.2) is 0 Å². The minimum absolute atomic E-state index is 0.00651. The zero-order valence-electron chi connectivity index (χ0n) is 26.0. The fourth-order valence-corrected chi connectivity index (χ4v) is 5.91. The number of likely N-dealkylation sites (tertiary alicyclic amines) is 1. The van der Waals surface area contributed by atoms with Gasteiger partial charge in [-0.05, 0) is 63.8 Å². The highest BCUT2D eigenvalue weighted by Gasteiger charge is 2.28. The molecule has 0 bridgehead atoms. The number of carbonyl (C=O) groups excluding carboxylic acids is 2. The number of ether oxygens (including phenoxy) is 1. The van der Waals surface area contributed by atoms with Crippen LogP contribution in [0.3, 0.4) is 0 Å². The summed E-state index contributed by atoms with van der Waals surface area (Å²) in [4.78, 5) is 43.1. The molecule has 1 atom stereocenters. The van der Waals surface area contributed by atoms with Gasteiger partial charge in [0.1, 0.15) is 5.60 Å². The molecule has 4 aromatic rings. The van der Waals surface area contributed by atoms with Crippen molar-refractivity contribution in [1.29, 1.82) is 0 Å². The Labute approximate surface area is 259 Å². The van der Waals surface area contributed by atoms with Crippen molar-refractivity contribution in [2.45, 2.75) is 71.2 Å². The number of para-hydroxylation sites is 1. The highest BCUT2D eigenvalue weighted by Crippen LogP contribution is 2.27. The van der Waals surface area contributed by atoms with Crippen LogP contribution >= 0.6 is 0 Å². The molecular formula is C36H42N4O4. The fourth-order valence-electron chi connectivity index (χ4n) is 5.91. The molecule has 1 aromatic heterocycles. The SMILES string of the molecule is CCC(NC(=O)c1c(CN2CCC(NC(=O)OC(C)(C)C)CC2)n(-c2ccccc2)c(=O)c2ccccc12)c1ccccc1. The third-order valence-electron chi connectivity index (χ3n) is 8.03. The zero-order chi connectivity index (χ0) is 31.3. The number of fused-ring (bicyclic) bond motifs is 1. The van der Waals surface area contributed by atoms with Crippen LogP contribution in [0.4, 0.5) is 4.79 Å². The van der Waals surface area contributed by atoms with Crippen molar-refractivity contribution in [2.24, 2.45) is 0 Å². The third-order valence-corrected chi connectivity index (χ3v) is 8.03. The van der Waals surface area contributed by atoms with Crippen molar-refractivity contribution in [1.82, 2.24) is 20.1 Å². The van der Waals surface area contributed by atoms with Gasteiger partial charge in [-0.3, -0.25) is 19.1 Å². The summed E-state index contributed by atoms with van der Waals surface area (Å²) in [6.07, 6.45) is 1.77. The highest BCUT2D eigenvalue weighted by atomic mass is 16.6. The Bertz CT molecular complexity index is 1650. The molecule has 44 heavy (non-hydrogen) atoms. The first-order chi connectivity index (χ1) is 21.1. The van der Waals surface area contributed by atoms with Gasteiger partial charge in [0, 0.05) is 42.1 Å². The fraction of sp³-hybridized carbons (Fsp3) is 0.361. The van der Waals surface area contributed by atoms with Crippen LogP contribution in [0.5, 0.6) is 0 Å². The standard InChI is InChI=1S/C36H42N4O4/c1-5-30(25-14-8-6-9-15-25)38-33(41)32-28-18-12-13-19-29(28)34(42)40(27-16-10-7-11-17-27)31(32)24-39-22-20-26(21-23-39)37-35(43)44-36(2,3)4/h6-19,26,30H,5,20-24H2,1-4H3,(H,37,43)(H,38,41). The molecule has 2 amide bonds. The summed E-state index contributed by atoms with van der Waals surface area (Å²) in [6, 6.07) is 26.6. The largest absolute Gasteiger partial charge is 0.444 e. The number of alkyl carbamates (subject to hydrolysis) is 1. The Morgan fingerprint density at radius 2 is 1.48 bits per heavy atom. The lowest BCUT2D eigenvalue weighted by Gasteiger charge is -2.34. The molecular weight excluding hydrogens is 552 g/mol. The summed E-state index contributed by atoms with van der Waals surface area (Å²) in [7, 11) is 0. The average Bonchev–Trinajstić information content (AvgIpc) is 3.01. The van der Waals surface area contributed by atoms with Crippen molar-refractivity contribution in [3.63, 3.8) is 0 Å². The number of hydrogen-bond donors (Lipinski definition) is 2. The van der Waals surface area contributed by atoms with Crippen molar-refractivity contribution in [3.8, 4) is 5.69 Å². The molecule has 0 radical (unpaired) electrons. The summed E-state index contributed by atoms with van der Waals surface area (Å²) in [5.74, 6) is -0.210. The summed E-state index contributed by atoms with van der Waals surface area (Å²) in [5.41, 5.74) is 2.19. The molecule has 3 aromatic carbocycles. The van der Waals surface area contributed by atoms with Crippen molar-refractivity contribution >= 4 is 22.8 Å². The van der Waals surface area contributed by atoms with Gasteiger partial charge in [0.05, 0.1) is 17.3 Å². The molecule has 2 heterocycles. The van der Waals surface area contributed by atoms with Crippen LogP contribution < -0.4 is 16.2 Å². The van der Waals surface area contributed by atoms with E-state index in [1.807, 2.05) is 99.6 Å². The van der Waals surface area contributed by atoms with Crippen LogP contribution in [0, 0.1) is 0 Å². The van der Waals surface area contributed by atoms with Crippen molar-refractivity contribution in [2.75, 3.05) is 13.1 Å². The molecule has 8 heteroatoms. The minimum Gasteiger partial charge on any atom is -0.444 e. The van der Waals surface area contributed by atoms with Crippen molar-refractivity contribution < 1.29 is 14.3 Å². The smallest absolute Gasteiger partial charge is 0.407 e. The normalized spacial score (nSPS) is 15.1. The summed E-state index contributed by atoms with van der Waals surface area (Å²) in [5, 5.41) is 7.42. The molecule has 1 aliphatic heterocycles. The number of carbonyl (C=O) groups is 2. The first-order valence-electron chi connectivity index (χ1n) is 15.4. The van der Waals surface area contributed by atoms with Crippen LogP contribution in [-0.2, 0) is 11.3 Å². The maximum Gasteiger partial charge on any atom is 0.407 e. The summed E-state index contributed by atoms with van der Waals surface area (Å²) < 4.78 is 7.15. The molecule has 8 nitrogen and oxygen atoms in total. The number of hydrogen-bond acceptors (Lipinski definition) is 5. The maximum absolute atomic E-state index is 14.3. The Balaban J connectivity index is 1.52. The van der Waals surface area contributed by atoms with Gasteiger partial charge in [-0.15, -0.1) is 0 Å². The van der Waals surface area contributed by atoms with E-state index in [-0.39, 0.29) is 23.6 Å². The van der Waals surface area contributed by atoms with Gasteiger partial charge < -0.3 is 15.4 Å². The van der Waals surface area contributed by atoms with Crippen LogP contribution in [-0.4, -0.2) is 46.2 Å². The number of aromatic nitrogens is 1. The quantitative estimate of drug-likeness (QED) is 0.248. The van der Waals surface area contributed by atoms with E-state index in [0.29, 0.717) is 47.4 Å². The minimum atomic E-state index is -0.559. The van der Waals surface area contributed by atoms with E-state index >= 15 is 0 Å². The predicted octanol–water partition coefficient (Wildman–Crippen LogP) is 6.36. The number of nitrogens with one attached hydrogen (secondary N) is 2. The number of rotatable bonds is 8. The second-order valence-electron chi connectivity index (χ2n) is 12.4. The monoisotopic (exact) mass is 594 g/mol. The molecule has 5 rings (SSSR count). The van der Waals surface area contributed by atoms with Gasteiger partial charge in [0.2, 0.25) is 0 Å². The van der Waals surface area contributed by atoms with Crippen molar-refractivity contribution in [3.05, 3.63) is 112 Å². The van der Waals surface area contributed by atoms with Gasteiger partial charge in [-0.2, -0.15) is 0 Å². The lowest BCUT2D eigenvalue weighted by Crippen LogP contribution is -2.46. The van der Waals surface area contributed by atoms with Crippen LogP contribution in [0.1, 0.15) is 74.6 Å². The number of pyridine rings is 1. The Morgan fingerprint density at radius 1 is 0.886 bits per heavy atom. The molecule has 1 unspecified atom stereocenters. The first kappa shape index (κ1) is 31.0. The van der Waals surface area contributed by atoms with Gasteiger partial charge in [-0.1, -0.05) is 73.7 Å². The second-order valence-corrected chi connectivity index (χ2v) is 12.4. The Kier molecular flexibility index (Phi) is 9.49. The molecule has 1 saturated heterocycles. The van der Waals surface area contributed by atoms with Crippen LogP contribution in [0.25, 0.3) is 16.5 Å². The number of nitrogens with zero attached hydrogens (tertiary/aromatic N) is 2. The van der Waals surface area contributed by atoms with Crippen LogP contribution in [0.2, 0.25) is 0 Å². The second kappa shape index (κ2) is 13.5. The molecule has 1 aliphatic rings. The topological polar surface area (TPSA) is 92.7 Å². The number of piperidine rings is 1. The summed E-state index contributed by atoms with van der Waals surface area (Å²) in [6.45, 7) is 9.39. The lowest BCUT2D eigenvalue weighted by molar-refractivity contribution is 0.0476. The average molecular weight is 595 g/mol. The maximum atomic E-state index is 14.3. The van der Waals surface area contributed by atoms with E-state index in [1.165, 1.54) is 0 Å². The molecule has 0 saturated carbocycles.